The largest absolute Gasteiger partial charge is 0.369 e. The first-order valence-corrected chi connectivity index (χ1v) is 7.35. The van der Waals surface area contributed by atoms with Gasteiger partial charge in [0.05, 0.1) is 5.39 Å². The van der Waals surface area contributed by atoms with Crippen LogP contribution in [0.5, 0.6) is 0 Å². The Labute approximate surface area is 120 Å². The summed E-state index contributed by atoms with van der Waals surface area (Å²) in [6, 6.07) is 0. The van der Waals surface area contributed by atoms with Crippen LogP contribution in [0, 0.1) is 20.8 Å². The van der Waals surface area contributed by atoms with Gasteiger partial charge in [0.2, 0.25) is 0 Å². The fourth-order valence-electron chi connectivity index (χ4n) is 2.11. The normalized spacial score (nSPS) is 11.2. The van der Waals surface area contributed by atoms with E-state index in [-0.39, 0.29) is 0 Å². The average Bonchev–Trinajstić information content (AvgIpc) is 2.96. The number of aromatic amines is 1. The molecule has 3 rings (SSSR count). The van der Waals surface area contributed by atoms with Crippen molar-refractivity contribution >= 4 is 27.4 Å². The van der Waals surface area contributed by atoms with Gasteiger partial charge in [0.25, 0.3) is 0 Å². The molecule has 2 N–H and O–H groups in total. The van der Waals surface area contributed by atoms with E-state index in [1.807, 2.05) is 13.8 Å². The molecular weight excluding hydrogens is 272 g/mol. The number of H-pyrrole nitrogens is 1. The van der Waals surface area contributed by atoms with Crippen molar-refractivity contribution in [2.45, 2.75) is 27.2 Å². The van der Waals surface area contributed by atoms with Crippen LogP contribution in [0.25, 0.3) is 10.2 Å². The first kappa shape index (κ1) is 13.0. The highest BCUT2D eigenvalue weighted by atomic mass is 32.1. The van der Waals surface area contributed by atoms with Crippen LogP contribution in [-0.2, 0) is 6.42 Å². The predicted molar refractivity (Wildman–Crippen MR) is 80.2 cm³/mol. The highest BCUT2D eigenvalue weighted by Crippen LogP contribution is 2.29. The molecule has 0 unspecified atom stereocenters. The molecule has 6 nitrogen and oxygen atoms in total. The lowest BCUT2D eigenvalue weighted by Crippen LogP contribution is -2.09. The molecule has 0 radical (unpaired) electrons. The van der Waals surface area contributed by atoms with E-state index in [9.17, 15) is 0 Å². The number of nitrogens with zero attached hydrogens (tertiary/aromatic N) is 4. The van der Waals surface area contributed by atoms with E-state index >= 15 is 0 Å². The molecule has 0 aliphatic carbocycles. The van der Waals surface area contributed by atoms with Crippen LogP contribution in [0.3, 0.4) is 0 Å². The van der Waals surface area contributed by atoms with Crippen LogP contribution in [0.15, 0.2) is 5.38 Å². The lowest BCUT2D eigenvalue weighted by Gasteiger charge is -2.07. The zero-order valence-electron chi connectivity index (χ0n) is 11.7. The predicted octanol–water partition coefficient (Wildman–Crippen LogP) is 2.39. The molecule has 0 saturated carbocycles. The first-order chi connectivity index (χ1) is 9.63. The summed E-state index contributed by atoms with van der Waals surface area (Å²) in [6.07, 6.45) is 0.762. The van der Waals surface area contributed by atoms with Gasteiger partial charge in [0, 0.05) is 13.0 Å². The van der Waals surface area contributed by atoms with Crippen molar-refractivity contribution in [3.8, 4) is 0 Å². The Balaban J connectivity index is 1.78. The van der Waals surface area contributed by atoms with Gasteiger partial charge in [-0.1, -0.05) is 0 Å². The van der Waals surface area contributed by atoms with Gasteiger partial charge in [-0.05, 0) is 31.7 Å². The fraction of sp³-hybridized carbons (Fsp3) is 0.385. The first-order valence-electron chi connectivity index (χ1n) is 6.47. The summed E-state index contributed by atoms with van der Waals surface area (Å²) < 4.78 is 0. The van der Waals surface area contributed by atoms with Crippen molar-refractivity contribution in [2.24, 2.45) is 0 Å². The van der Waals surface area contributed by atoms with E-state index in [1.54, 1.807) is 11.3 Å². The molecule has 3 heterocycles. The highest BCUT2D eigenvalue weighted by Gasteiger charge is 2.10. The minimum Gasteiger partial charge on any atom is -0.369 e. The molecule has 20 heavy (non-hydrogen) atoms. The third kappa shape index (κ3) is 2.49. The standard InChI is InChI=1S/C13H16N6S/c1-7-6-20-13-11(7)12(16-8(2)17-13)14-5-4-10-15-9(3)18-19-10/h6H,4-5H2,1-3H3,(H,14,16,17)(H,15,18,19). The summed E-state index contributed by atoms with van der Waals surface area (Å²) >= 11 is 1.65. The smallest absolute Gasteiger partial charge is 0.152 e. The molecule has 0 aromatic carbocycles. The Kier molecular flexibility index (Phi) is 3.35. The quantitative estimate of drug-likeness (QED) is 0.770. The summed E-state index contributed by atoms with van der Waals surface area (Å²) in [5, 5.41) is 13.6. The Morgan fingerprint density at radius 3 is 2.80 bits per heavy atom. The molecule has 0 amide bonds. The maximum absolute atomic E-state index is 4.51. The molecule has 0 aliphatic rings. The van der Waals surface area contributed by atoms with Gasteiger partial charge in [-0.15, -0.1) is 11.3 Å². The summed E-state index contributed by atoms with van der Waals surface area (Å²) in [5.41, 5.74) is 1.21. The van der Waals surface area contributed by atoms with Gasteiger partial charge in [-0.2, -0.15) is 5.10 Å². The SMILES string of the molecule is Cc1nc(NCCc2n[nH]c(C)n2)c2c(C)csc2n1. The van der Waals surface area contributed by atoms with E-state index < -0.39 is 0 Å². The molecule has 3 aromatic rings. The number of aryl methyl sites for hydroxylation is 3. The van der Waals surface area contributed by atoms with Crippen molar-refractivity contribution in [1.82, 2.24) is 25.1 Å². The number of aromatic nitrogens is 5. The van der Waals surface area contributed by atoms with E-state index in [2.05, 4.69) is 42.8 Å². The molecule has 0 saturated heterocycles. The number of nitrogens with one attached hydrogen (secondary N) is 2. The zero-order chi connectivity index (χ0) is 14.1. The number of hydrogen-bond acceptors (Lipinski definition) is 6. The summed E-state index contributed by atoms with van der Waals surface area (Å²) in [7, 11) is 0. The van der Waals surface area contributed by atoms with E-state index in [1.165, 1.54) is 5.56 Å². The average molecular weight is 288 g/mol. The zero-order valence-corrected chi connectivity index (χ0v) is 12.5. The van der Waals surface area contributed by atoms with Crippen molar-refractivity contribution in [1.29, 1.82) is 0 Å². The molecule has 0 aliphatic heterocycles. The number of anilines is 1. The third-order valence-electron chi connectivity index (χ3n) is 3.01. The van der Waals surface area contributed by atoms with Crippen molar-refractivity contribution in [3.63, 3.8) is 0 Å². The number of fused-ring (bicyclic) bond motifs is 1. The van der Waals surface area contributed by atoms with Gasteiger partial charge >= 0.3 is 0 Å². The van der Waals surface area contributed by atoms with E-state index in [4.69, 9.17) is 0 Å². The fourth-order valence-corrected chi connectivity index (χ4v) is 3.08. The van der Waals surface area contributed by atoms with Crippen molar-refractivity contribution in [2.75, 3.05) is 11.9 Å². The van der Waals surface area contributed by atoms with Gasteiger partial charge < -0.3 is 5.32 Å². The lowest BCUT2D eigenvalue weighted by atomic mass is 10.2. The van der Waals surface area contributed by atoms with Gasteiger partial charge in [0.1, 0.15) is 22.3 Å². The Morgan fingerprint density at radius 2 is 2.05 bits per heavy atom. The summed E-state index contributed by atoms with van der Waals surface area (Å²) in [4.78, 5) is 14.3. The van der Waals surface area contributed by atoms with Gasteiger partial charge in [-0.25, -0.2) is 15.0 Å². The molecule has 0 fully saturated rings. The van der Waals surface area contributed by atoms with Crippen LogP contribution in [-0.4, -0.2) is 31.7 Å². The second kappa shape index (κ2) is 5.16. The summed E-state index contributed by atoms with van der Waals surface area (Å²) in [6.45, 7) is 6.65. The van der Waals surface area contributed by atoms with E-state index in [0.29, 0.717) is 0 Å². The third-order valence-corrected chi connectivity index (χ3v) is 4.00. The van der Waals surface area contributed by atoms with Gasteiger partial charge in [-0.3, -0.25) is 5.10 Å². The molecule has 7 heteroatoms. The lowest BCUT2D eigenvalue weighted by molar-refractivity contribution is 0.896. The molecule has 3 aromatic heterocycles. The number of thiophene rings is 1. The summed E-state index contributed by atoms with van der Waals surface area (Å²) in [5.74, 6) is 3.35. The molecule has 0 spiro atoms. The molecule has 0 bridgehead atoms. The monoisotopic (exact) mass is 288 g/mol. The highest BCUT2D eigenvalue weighted by molar-refractivity contribution is 7.17. The van der Waals surface area contributed by atoms with Crippen molar-refractivity contribution in [3.05, 3.63) is 28.4 Å². The van der Waals surface area contributed by atoms with Gasteiger partial charge in [0.15, 0.2) is 5.82 Å². The van der Waals surface area contributed by atoms with E-state index in [0.717, 1.165) is 46.5 Å². The van der Waals surface area contributed by atoms with Crippen molar-refractivity contribution < 1.29 is 0 Å². The minimum absolute atomic E-state index is 0.748. The minimum atomic E-state index is 0.748. The second-order valence-electron chi connectivity index (χ2n) is 4.73. The molecular formula is C13H16N6S. The van der Waals surface area contributed by atoms with Crippen LogP contribution in [0.2, 0.25) is 0 Å². The van der Waals surface area contributed by atoms with Crippen LogP contribution >= 0.6 is 11.3 Å². The maximum atomic E-state index is 4.51. The topological polar surface area (TPSA) is 79.4 Å². The Morgan fingerprint density at radius 1 is 1.20 bits per heavy atom. The molecule has 0 atom stereocenters. The number of rotatable bonds is 4. The Bertz CT molecular complexity index is 744. The van der Waals surface area contributed by atoms with Crippen LogP contribution in [0.1, 0.15) is 23.0 Å². The molecule has 104 valence electrons. The Hall–Kier alpha value is -2.02. The van der Waals surface area contributed by atoms with Crippen LogP contribution < -0.4 is 5.32 Å². The number of hydrogen-bond donors (Lipinski definition) is 2. The maximum Gasteiger partial charge on any atom is 0.152 e. The second-order valence-corrected chi connectivity index (χ2v) is 5.59. The van der Waals surface area contributed by atoms with Crippen LogP contribution in [0.4, 0.5) is 5.82 Å².